The highest BCUT2D eigenvalue weighted by molar-refractivity contribution is 4.83. The Hall–Kier alpha value is -0.120. The van der Waals surface area contributed by atoms with E-state index in [1.807, 2.05) is 0 Å². The third kappa shape index (κ3) is 4.43. The number of likely N-dealkylation sites (tertiary alicyclic amines) is 2. The molecule has 0 atom stereocenters. The summed E-state index contributed by atoms with van der Waals surface area (Å²) in [6.45, 7) is 8.77. The minimum atomic E-state index is 0.557. The van der Waals surface area contributed by atoms with Crippen molar-refractivity contribution in [2.75, 3.05) is 39.8 Å². The topological polar surface area (TPSA) is 15.7 Å². The molecular formula is C18H34N2O. The zero-order chi connectivity index (χ0) is 14.7. The highest BCUT2D eigenvalue weighted by Crippen LogP contribution is 2.34. The van der Waals surface area contributed by atoms with Gasteiger partial charge in [-0.3, -0.25) is 0 Å². The lowest BCUT2D eigenvalue weighted by Crippen LogP contribution is -2.44. The molecule has 3 rings (SSSR count). The van der Waals surface area contributed by atoms with Gasteiger partial charge in [0.2, 0.25) is 0 Å². The largest absolute Gasteiger partial charge is 0.375 e. The summed E-state index contributed by atoms with van der Waals surface area (Å²) >= 11 is 0. The van der Waals surface area contributed by atoms with Crippen molar-refractivity contribution in [3.8, 4) is 0 Å². The Morgan fingerprint density at radius 3 is 2.14 bits per heavy atom. The highest BCUT2D eigenvalue weighted by Gasteiger charge is 2.32. The van der Waals surface area contributed by atoms with Crippen LogP contribution in [0.5, 0.6) is 0 Å². The minimum Gasteiger partial charge on any atom is -0.375 e. The lowest BCUT2D eigenvalue weighted by Gasteiger charge is -2.41. The summed E-state index contributed by atoms with van der Waals surface area (Å²) in [4.78, 5) is 5.17. The molecule has 2 heterocycles. The van der Waals surface area contributed by atoms with E-state index in [1.54, 1.807) is 0 Å². The van der Waals surface area contributed by atoms with E-state index in [-0.39, 0.29) is 0 Å². The Kier molecular flexibility index (Phi) is 5.58. The molecule has 21 heavy (non-hydrogen) atoms. The van der Waals surface area contributed by atoms with Gasteiger partial charge in [0.15, 0.2) is 0 Å². The second-order valence-corrected chi connectivity index (χ2v) is 7.75. The summed E-state index contributed by atoms with van der Waals surface area (Å²) < 4.78 is 6.28. The molecule has 0 spiro atoms. The summed E-state index contributed by atoms with van der Waals surface area (Å²) in [5.74, 6) is 1.90. The third-order valence-corrected chi connectivity index (χ3v) is 6.04. The van der Waals surface area contributed by atoms with Gasteiger partial charge in [-0.15, -0.1) is 0 Å². The van der Waals surface area contributed by atoms with Crippen molar-refractivity contribution in [1.29, 1.82) is 0 Å². The Balaban J connectivity index is 1.30. The van der Waals surface area contributed by atoms with Crippen LogP contribution in [0.25, 0.3) is 0 Å². The molecule has 0 N–H and O–H groups in total. The molecule has 0 aromatic rings. The normalized spacial score (nSPS) is 34.0. The molecule has 1 saturated carbocycles. The van der Waals surface area contributed by atoms with Gasteiger partial charge in [0, 0.05) is 19.6 Å². The zero-order valence-corrected chi connectivity index (χ0v) is 14.1. The molecule has 0 bridgehead atoms. The number of hydrogen-bond acceptors (Lipinski definition) is 3. The van der Waals surface area contributed by atoms with Crippen LogP contribution in [0.1, 0.15) is 51.9 Å². The van der Waals surface area contributed by atoms with Gasteiger partial charge in [-0.05, 0) is 70.5 Å². The Labute approximate surface area is 131 Å². The quantitative estimate of drug-likeness (QED) is 0.775. The number of nitrogens with zero attached hydrogens (tertiary/aromatic N) is 2. The van der Waals surface area contributed by atoms with Gasteiger partial charge in [0.05, 0.1) is 12.2 Å². The van der Waals surface area contributed by atoms with Gasteiger partial charge < -0.3 is 14.5 Å². The maximum absolute atomic E-state index is 6.28. The first kappa shape index (κ1) is 15.8. The van der Waals surface area contributed by atoms with Gasteiger partial charge in [-0.25, -0.2) is 0 Å². The highest BCUT2D eigenvalue weighted by atomic mass is 16.5. The van der Waals surface area contributed by atoms with E-state index < -0.39 is 0 Å². The predicted molar refractivity (Wildman–Crippen MR) is 87.6 cm³/mol. The van der Waals surface area contributed by atoms with E-state index >= 15 is 0 Å². The van der Waals surface area contributed by atoms with Gasteiger partial charge >= 0.3 is 0 Å². The Morgan fingerprint density at radius 2 is 1.52 bits per heavy atom. The molecule has 3 aliphatic rings. The first-order valence-corrected chi connectivity index (χ1v) is 9.29. The molecule has 2 aliphatic heterocycles. The summed E-state index contributed by atoms with van der Waals surface area (Å²) in [5, 5.41) is 0. The van der Waals surface area contributed by atoms with E-state index in [1.165, 1.54) is 77.7 Å². The minimum absolute atomic E-state index is 0.557. The Bertz CT molecular complexity index is 300. The predicted octanol–water partition coefficient (Wildman–Crippen LogP) is 3.00. The maximum atomic E-state index is 6.28. The first-order chi connectivity index (χ1) is 10.2. The molecule has 0 amide bonds. The van der Waals surface area contributed by atoms with Crippen LogP contribution in [0, 0.1) is 11.8 Å². The fraction of sp³-hybridized carbons (Fsp3) is 1.00. The molecule has 3 heteroatoms. The van der Waals surface area contributed by atoms with Crippen molar-refractivity contribution >= 4 is 0 Å². The van der Waals surface area contributed by atoms with Crippen LogP contribution in [0.15, 0.2) is 0 Å². The lowest BCUT2D eigenvalue weighted by atomic mass is 9.80. The van der Waals surface area contributed by atoms with Crippen LogP contribution in [-0.4, -0.2) is 61.8 Å². The molecule has 122 valence electrons. The van der Waals surface area contributed by atoms with E-state index in [0.29, 0.717) is 12.2 Å². The van der Waals surface area contributed by atoms with Crippen LogP contribution in [-0.2, 0) is 4.74 Å². The number of piperidine rings is 2. The van der Waals surface area contributed by atoms with Crippen molar-refractivity contribution in [2.24, 2.45) is 11.8 Å². The van der Waals surface area contributed by atoms with Crippen molar-refractivity contribution < 1.29 is 4.74 Å². The summed E-state index contributed by atoms with van der Waals surface area (Å²) in [6.07, 6.45) is 10.5. The first-order valence-electron chi connectivity index (χ1n) is 9.29. The van der Waals surface area contributed by atoms with Crippen LogP contribution in [0.4, 0.5) is 0 Å². The summed E-state index contributed by atoms with van der Waals surface area (Å²) in [7, 11) is 2.25. The fourth-order valence-corrected chi connectivity index (χ4v) is 4.23. The Morgan fingerprint density at radius 1 is 0.857 bits per heavy atom. The smallest absolute Gasteiger partial charge is 0.0603 e. The molecule has 1 aliphatic carbocycles. The van der Waals surface area contributed by atoms with Crippen molar-refractivity contribution in [2.45, 2.75) is 64.1 Å². The molecule has 0 unspecified atom stereocenters. The lowest BCUT2D eigenvalue weighted by molar-refractivity contribution is -0.0949. The molecule has 0 radical (unpaired) electrons. The SMILES string of the molecule is CCC1CC(OC2CCN(CC3CCN(C)CC3)CC2)C1. The van der Waals surface area contributed by atoms with Crippen LogP contribution in [0.3, 0.4) is 0 Å². The summed E-state index contributed by atoms with van der Waals surface area (Å²) in [5.41, 5.74) is 0. The van der Waals surface area contributed by atoms with Crippen LogP contribution < -0.4 is 0 Å². The second-order valence-electron chi connectivity index (χ2n) is 7.75. The van der Waals surface area contributed by atoms with Crippen LogP contribution >= 0.6 is 0 Å². The summed E-state index contributed by atoms with van der Waals surface area (Å²) in [6, 6.07) is 0. The van der Waals surface area contributed by atoms with Gasteiger partial charge in [0.1, 0.15) is 0 Å². The van der Waals surface area contributed by atoms with E-state index in [2.05, 4.69) is 23.8 Å². The molecule has 3 fully saturated rings. The molecule has 0 aromatic carbocycles. The van der Waals surface area contributed by atoms with Crippen molar-refractivity contribution in [3.05, 3.63) is 0 Å². The van der Waals surface area contributed by atoms with Gasteiger partial charge in [-0.1, -0.05) is 13.3 Å². The number of rotatable bonds is 5. The van der Waals surface area contributed by atoms with Crippen molar-refractivity contribution in [1.82, 2.24) is 9.80 Å². The van der Waals surface area contributed by atoms with E-state index in [9.17, 15) is 0 Å². The zero-order valence-electron chi connectivity index (χ0n) is 14.1. The molecule has 2 saturated heterocycles. The monoisotopic (exact) mass is 294 g/mol. The maximum Gasteiger partial charge on any atom is 0.0603 e. The molecule has 0 aromatic heterocycles. The molecular weight excluding hydrogens is 260 g/mol. The molecule has 3 nitrogen and oxygen atoms in total. The third-order valence-electron chi connectivity index (χ3n) is 6.04. The van der Waals surface area contributed by atoms with E-state index in [4.69, 9.17) is 4.74 Å². The standard InChI is InChI=1S/C18H34N2O/c1-3-15-12-18(13-15)21-17-6-10-20(11-7-17)14-16-4-8-19(2)9-5-16/h15-18H,3-14H2,1-2H3. The van der Waals surface area contributed by atoms with E-state index in [0.717, 1.165) is 11.8 Å². The number of hydrogen-bond donors (Lipinski definition) is 0. The number of ether oxygens (including phenoxy) is 1. The fourth-order valence-electron chi connectivity index (χ4n) is 4.23. The van der Waals surface area contributed by atoms with Crippen LogP contribution in [0.2, 0.25) is 0 Å². The average molecular weight is 294 g/mol. The van der Waals surface area contributed by atoms with Gasteiger partial charge in [-0.2, -0.15) is 0 Å². The average Bonchev–Trinajstić information content (AvgIpc) is 2.46. The second kappa shape index (κ2) is 7.43. The van der Waals surface area contributed by atoms with Crippen molar-refractivity contribution in [3.63, 3.8) is 0 Å². The van der Waals surface area contributed by atoms with Gasteiger partial charge in [0.25, 0.3) is 0 Å².